The first-order valence-electron chi connectivity index (χ1n) is 11.3. The Morgan fingerprint density at radius 2 is 1.87 bits per heavy atom. The summed E-state index contributed by atoms with van der Waals surface area (Å²) >= 11 is 1.06. The van der Waals surface area contributed by atoms with Crippen molar-refractivity contribution in [2.75, 3.05) is 25.3 Å². The summed E-state index contributed by atoms with van der Waals surface area (Å²) in [5, 5.41) is 15.0. The number of anilines is 1. The Morgan fingerprint density at radius 3 is 2.58 bits per heavy atom. The van der Waals surface area contributed by atoms with Crippen LogP contribution in [-0.4, -0.2) is 45.3 Å². The molecule has 2 heterocycles. The molecule has 12 heteroatoms. The van der Waals surface area contributed by atoms with Gasteiger partial charge in [0.25, 0.3) is 11.2 Å². The molecule has 1 amide bonds. The highest BCUT2D eigenvalue weighted by Crippen LogP contribution is 2.30. The van der Waals surface area contributed by atoms with Crippen LogP contribution in [0.1, 0.15) is 0 Å². The molecule has 38 heavy (non-hydrogen) atoms. The molecule has 0 aliphatic heterocycles. The summed E-state index contributed by atoms with van der Waals surface area (Å²) in [5.74, 6) is 0.579. The Morgan fingerprint density at radius 1 is 1.11 bits per heavy atom. The number of methoxy groups -OCH3 is 2. The highest BCUT2D eigenvalue weighted by molar-refractivity contribution is 7.99. The molecule has 192 valence electrons. The molecular formula is C26H21N5O6S. The Hall–Kier alpha value is -4.84. The lowest BCUT2D eigenvalue weighted by molar-refractivity contribution is -0.384. The van der Waals surface area contributed by atoms with Crippen LogP contribution >= 0.6 is 11.8 Å². The number of carbonyl (C=O) groups excluding carboxylic acids is 1. The largest absolute Gasteiger partial charge is 0.497 e. The number of hydrogen-bond donors (Lipinski definition) is 2. The third-order valence-electron chi connectivity index (χ3n) is 5.83. The van der Waals surface area contributed by atoms with Crippen LogP contribution in [0.5, 0.6) is 11.5 Å². The maximum Gasteiger partial charge on any atom is 0.283 e. The Labute approximate surface area is 219 Å². The monoisotopic (exact) mass is 531 g/mol. The highest BCUT2D eigenvalue weighted by Gasteiger charge is 2.19. The van der Waals surface area contributed by atoms with Crippen LogP contribution in [0.25, 0.3) is 27.6 Å². The van der Waals surface area contributed by atoms with Gasteiger partial charge in [-0.15, -0.1) is 0 Å². The summed E-state index contributed by atoms with van der Waals surface area (Å²) in [5.41, 5.74) is 1.82. The smallest absolute Gasteiger partial charge is 0.283 e. The van der Waals surface area contributed by atoms with Crippen LogP contribution < -0.4 is 20.3 Å². The minimum atomic E-state index is -0.515. The maximum absolute atomic E-state index is 13.6. The van der Waals surface area contributed by atoms with Crippen molar-refractivity contribution < 1.29 is 19.2 Å². The number of rotatable bonds is 8. The van der Waals surface area contributed by atoms with Crippen molar-refractivity contribution in [3.63, 3.8) is 0 Å². The van der Waals surface area contributed by atoms with Crippen LogP contribution in [0.4, 0.5) is 11.4 Å². The fourth-order valence-electron chi connectivity index (χ4n) is 4.02. The van der Waals surface area contributed by atoms with Gasteiger partial charge in [-0.3, -0.25) is 24.3 Å². The van der Waals surface area contributed by atoms with Gasteiger partial charge in [0.05, 0.1) is 36.3 Å². The molecule has 5 aromatic rings. The third-order valence-corrected chi connectivity index (χ3v) is 6.76. The summed E-state index contributed by atoms with van der Waals surface area (Å²) in [6, 6.07) is 18.0. The molecular weight excluding hydrogens is 510 g/mol. The van der Waals surface area contributed by atoms with E-state index < -0.39 is 10.5 Å². The molecule has 0 saturated carbocycles. The van der Waals surface area contributed by atoms with E-state index in [-0.39, 0.29) is 22.5 Å². The molecule has 0 saturated heterocycles. The number of fused-ring (bicyclic) bond motifs is 3. The Kier molecular flexibility index (Phi) is 6.71. The average molecular weight is 532 g/mol. The maximum atomic E-state index is 13.6. The molecule has 11 nitrogen and oxygen atoms in total. The number of nitro benzene ring substituents is 1. The van der Waals surface area contributed by atoms with Crippen molar-refractivity contribution in [3.05, 3.63) is 87.2 Å². The summed E-state index contributed by atoms with van der Waals surface area (Å²) in [6.07, 6.45) is 0. The molecule has 0 aliphatic carbocycles. The summed E-state index contributed by atoms with van der Waals surface area (Å²) < 4.78 is 11.9. The molecule has 0 fully saturated rings. The highest BCUT2D eigenvalue weighted by atomic mass is 32.2. The van der Waals surface area contributed by atoms with E-state index in [1.165, 1.54) is 43.1 Å². The molecule has 0 atom stereocenters. The number of thioether (sulfide) groups is 1. The van der Waals surface area contributed by atoms with Crippen molar-refractivity contribution >= 4 is 51.0 Å². The van der Waals surface area contributed by atoms with Gasteiger partial charge >= 0.3 is 0 Å². The zero-order chi connectivity index (χ0) is 26.8. The SMILES string of the molecule is COc1ccc(OC)c(NC(=O)CSc2nc3c([nH]c4ccccc43)c(=O)n2-c2ccc([N+](=O)[O-])cc2)c1. The van der Waals surface area contributed by atoms with Crippen molar-refractivity contribution in [3.8, 4) is 17.2 Å². The predicted molar refractivity (Wildman–Crippen MR) is 145 cm³/mol. The standard InChI is InChI=1S/C26H21N5O6S/c1-36-17-11-12-21(37-2)20(13-17)27-22(32)14-38-26-29-23-18-5-3-4-6-19(18)28-24(23)25(33)30(26)15-7-9-16(10-8-15)31(34)35/h3-13,28H,14H2,1-2H3,(H,27,32). The lowest BCUT2D eigenvalue weighted by Crippen LogP contribution is -2.23. The quantitative estimate of drug-likeness (QED) is 0.129. The van der Waals surface area contributed by atoms with Crippen LogP contribution in [0, 0.1) is 10.1 Å². The van der Waals surface area contributed by atoms with Crippen molar-refractivity contribution in [2.24, 2.45) is 0 Å². The first kappa shape index (κ1) is 24.8. The van der Waals surface area contributed by atoms with Gasteiger partial charge in [-0.05, 0) is 30.3 Å². The first-order valence-corrected chi connectivity index (χ1v) is 12.3. The van der Waals surface area contributed by atoms with Crippen molar-refractivity contribution in [2.45, 2.75) is 5.16 Å². The number of aromatic nitrogens is 3. The molecule has 0 unspecified atom stereocenters. The number of nitrogens with zero attached hydrogens (tertiary/aromatic N) is 3. The molecule has 3 aromatic carbocycles. The van der Waals surface area contributed by atoms with Crippen LogP contribution in [0.3, 0.4) is 0 Å². The molecule has 5 rings (SSSR count). The van der Waals surface area contributed by atoms with Gasteiger partial charge in [-0.25, -0.2) is 4.98 Å². The van der Waals surface area contributed by atoms with E-state index >= 15 is 0 Å². The van der Waals surface area contributed by atoms with E-state index in [4.69, 9.17) is 14.5 Å². The second-order valence-corrected chi connectivity index (χ2v) is 9.05. The number of ether oxygens (including phenoxy) is 2. The van der Waals surface area contributed by atoms with E-state index in [1.807, 2.05) is 24.3 Å². The Balaban J connectivity index is 1.53. The number of nitro groups is 1. The van der Waals surface area contributed by atoms with E-state index in [2.05, 4.69) is 10.3 Å². The van der Waals surface area contributed by atoms with E-state index in [0.717, 1.165) is 22.7 Å². The molecule has 0 bridgehead atoms. The minimum Gasteiger partial charge on any atom is -0.497 e. The molecule has 2 N–H and O–H groups in total. The number of carbonyl (C=O) groups is 1. The predicted octanol–water partition coefficient (Wildman–Crippen LogP) is 4.52. The number of amides is 1. The number of H-pyrrole nitrogens is 1. The van der Waals surface area contributed by atoms with E-state index in [1.54, 1.807) is 18.2 Å². The van der Waals surface area contributed by atoms with Gasteiger partial charge in [-0.2, -0.15) is 0 Å². The number of non-ortho nitro benzene ring substituents is 1. The van der Waals surface area contributed by atoms with E-state index in [0.29, 0.717) is 33.9 Å². The van der Waals surface area contributed by atoms with Crippen LogP contribution in [0.15, 0.2) is 76.7 Å². The lowest BCUT2D eigenvalue weighted by Gasteiger charge is -2.13. The summed E-state index contributed by atoms with van der Waals surface area (Å²) in [4.78, 5) is 45.0. The zero-order valence-electron chi connectivity index (χ0n) is 20.3. The van der Waals surface area contributed by atoms with Gasteiger partial charge in [-0.1, -0.05) is 30.0 Å². The first-order chi connectivity index (χ1) is 18.4. The minimum absolute atomic E-state index is 0.0757. The number of hydrogen-bond acceptors (Lipinski definition) is 8. The van der Waals surface area contributed by atoms with Gasteiger partial charge in [0, 0.05) is 29.1 Å². The lowest BCUT2D eigenvalue weighted by atomic mass is 10.2. The molecule has 0 spiro atoms. The average Bonchev–Trinajstić information content (AvgIpc) is 3.31. The zero-order valence-corrected chi connectivity index (χ0v) is 21.1. The topological polar surface area (TPSA) is 141 Å². The van der Waals surface area contributed by atoms with Gasteiger partial charge in [0.2, 0.25) is 5.91 Å². The van der Waals surface area contributed by atoms with Crippen molar-refractivity contribution in [1.82, 2.24) is 14.5 Å². The van der Waals surface area contributed by atoms with Gasteiger partial charge in [0.15, 0.2) is 5.16 Å². The number of nitrogens with one attached hydrogen (secondary N) is 2. The summed E-state index contributed by atoms with van der Waals surface area (Å²) in [7, 11) is 3.02. The third kappa shape index (κ3) is 4.64. The van der Waals surface area contributed by atoms with Gasteiger partial charge < -0.3 is 19.8 Å². The number of benzene rings is 3. The van der Waals surface area contributed by atoms with Crippen molar-refractivity contribution in [1.29, 1.82) is 0 Å². The second-order valence-electron chi connectivity index (χ2n) is 8.11. The molecule has 2 aromatic heterocycles. The summed E-state index contributed by atoms with van der Waals surface area (Å²) in [6.45, 7) is 0. The normalized spacial score (nSPS) is 11.0. The number of para-hydroxylation sites is 1. The fourth-order valence-corrected chi connectivity index (χ4v) is 4.82. The van der Waals surface area contributed by atoms with Crippen LogP contribution in [-0.2, 0) is 4.79 Å². The Bertz CT molecular complexity index is 1750. The number of aromatic amines is 1. The molecule has 0 radical (unpaired) electrons. The fraction of sp³-hybridized carbons (Fsp3) is 0.115. The second kappa shape index (κ2) is 10.3. The van der Waals surface area contributed by atoms with E-state index in [9.17, 15) is 19.7 Å². The van der Waals surface area contributed by atoms with Gasteiger partial charge in [0.1, 0.15) is 22.5 Å². The van der Waals surface area contributed by atoms with Crippen LogP contribution in [0.2, 0.25) is 0 Å². The molecule has 0 aliphatic rings.